The Balaban J connectivity index is 3.36. The molecule has 0 heterocycles. The van der Waals surface area contributed by atoms with E-state index in [0.29, 0.717) is 22.4 Å². The molecule has 0 bridgehead atoms. The Labute approximate surface area is 134 Å². The quantitative estimate of drug-likeness (QED) is 0.648. The number of carboxylic acid groups (broad SMARTS) is 1. The Kier molecular flexibility index (Phi) is 5.73. The van der Waals surface area contributed by atoms with E-state index in [-0.39, 0.29) is 4.90 Å². The number of nitrogens with two attached hydrogens (primary N) is 1. The number of amides is 1. The van der Waals surface area contributed by atoms with Crippen molar-refractivity contribution in [3.8, 4) is 5.75 Å². The van der Waals surface area contributed by atoms with Crippen LogP contribution in [0.1, 0.15) is 23.1 Å². The maximum absolute atomic E-state index is 12.6. The third-order valence-corrected chi connectivity index (χ3v) is 5.23. The van der Waals surface area contributed by atoms with Crippen LogP contribution < -0.4 is 15.2 Å². The number of hydrogen-bond donors (Lipinski definition) is 3. The molecule has 4 N–H and O–H groups in total. The summed E-state index contributed by atoms with van der Waals surface area (Å²) >= 11 is 0. The van der Waals surface area contributed by atoms with Gasteiger partial charge in [0.15, 0.2) is 0 Å². The number of rotatable bonds is 7. The smallest absolute Gasteiger partial charge is 0.322 e. The highest BCUT2D eigenvalue weighted by Gasteiger charge is 2.30. The molecule has 1 aromatic carbocycles. The molecular weight excluding hydrogens is 324 g/mol. The van der Waals surface area contributed by atoms with Gasteiger partial charge >= 0.3 is 5.97 Å². The van der Waals surface area contributed by atoms with E-state index in [1.54, 1.807) is 26.8 Å². The largest absolute Gasteiger partial charge is 0.496 e. The van der Waals surface area contributed by atoms with Crippen molar-refractivity contribution in [3.63, 3.8) is 0 Å². The van der Waals surface area contributed by atoms with Gasteiger partial charge in [0, 0.05) is 0 Å². The topological polar surface area (TPSA) is 136 Å². The lowest BCUT2D eigenvalue weighted by Gasteiger charge is -2.19. The SMILES string of the molecule is COc1cc(C)c(S(=O)(=O)N[C@@H](CC(N)=O)C(=O)O)c(C)c1C. The Morgan fingerprint density at radius 1 is 1.30 bits per heavy atom. The highest BCUT2D eigenvalue weighted by molar-refractivity contribution is 7.89. The normalized spacial score (nSPS) is 12.7. The first kappa shape index (κ1) is 18.9. The maximum Gasteiger partial charge on any atom is 0.322 e. The van der Waals surface area contributed by atoms with Crippen LogP contribution in [0.4, 0.5) is 0 Å². The number of ether oxygens (including phenoxy) is 1. The van der Waals surface area contributed by atoms with E-state index < -0.39 is 34.4 Å². The van der Waals surface area contributed by atoms with Crippen LogP contribution in [0.3, 0.4) is 0 Å². The standard InChI is InChI=1S/C14H20N2O6S/c1-7-5-11(22-4)8(2)9(3)13(7)23(20,21)16-10(14(18)19)6-12(15)17/h5,10,16H,6H2,1-4H3,(H2,15,17)(H,18,19)/t10-/m0/s1. The van der Waals surface area contributed by atoms with E-state index in [2.05, 4.69) is 0 Å². The van der Waals surface area contributed by atoms with Gasteiger partial charge in [0.1, 0.15) is 11.8 Å². The van der Waals surface area contributed by atoms with Crippen molar-refractivity contribution in [1.29, 1.82) is 0 Å². The molecule has 1 aromatic rings. The van der Waals surface area contributed by atoms with Gasteiger partial charge in [-0.25, -0.2) is 8.42 Å². The Morgan fingerprint density at radius 2 is 1.87 bits per heavy atom. The first-order valence-electron chi connectivity index (χ1n) is 6.69. The lowest BCUT2D eigenvalue weighted by molar-refractivity contribution is -0.140. The Hall–Kier alpha value is -2.13. The molecule has 128 valence electrons. The van der Waals surface area contributed by atoms with Gasteiger partial charge in [0.2, 0.25) is 15.9 Å². The number of aliphatic carboxylic acids is 1. The number of benzene rings is 1. The summed E-state index contributed by atoms with van der Waals surface area (Å²) in [4.78, 5) is 22.0. The van der Waals surface area contributed by atoms with Gasteiger partial charge in [-0.05, 0) is 43.5 Å². The maximum atomic E-state index is 12.6. The van der Waals surface area contributed by atoms with Crippen LogP contribution in [0.25, 0.3) is 0 Å². The number of carboxylic acids is 1. The molecule has 9 heteroatoms. The lowest BCUT2D eigenvalue weighted by Crippen LogP contribution is -2.43. The predicted octanol–water partition coefficient (Wildman–Crippen LogP) is 0.227. The minimum atomic E-state index is -4.15. The van der Waals surface area contributed by atoms with E-state index in [9.17, 15) is 18.0 Å². The van der Waals surface area contributed by atoms with E-state index in [0.717, 1.165) is 0 Å². The van der Waals surface area contributed by atoms with Crippen molar-refractivity contribution in [3.05, 3.63) is 22.8 Å². The number of nitrogens with one attached hydrogen (secondary N) is 1. The fraction of sp³-hybridized carbons (Fsp3) is 0.429. The van der Waals surface area contributed by atoms with Crippen LogP contribution >= 0.6 is 0 Å². The zero-order chi connectivity index (χ0) is 17.9. The monoisotopic (exact) mass is 344 g/mol. The summed E-state index contributed by atoms with van der Waals surface area (Å²) in [6, 6.07) is -0.0699. The van der Waals surface area contributed by atoms with Crippen molar-refractivity contribution >= 4 is 21.9 Å². The molecule has 0 unspecified atom stereocenters. The average Bonchev–Trinajstić information content (AvgIpc) is 2.40. The van der Waals surface area contributed by atoms with Crippen LogP contribution in [-0.2, 0) is 19.6 Å². The molecule has 1 amide bonds. The highest BCUT2D eigenvalue weighted by Crippen LogP contribution is 2.30. The second-order valence-corrected chi connectivity index (χ2v) is 6.81. The Bertz CT molecular complexity index is 742. The van der Waals surface area contributed by atoms with Crippen molar-refractivity contribution < 1.29 is 27.9 Å². The van der Waals surface area contributed by atoms with Gasteiger partial charge in [-0.15, -0.1) is 0 Å². The van der Waals surface area contributed by atoms with Crippen molar-refractivity contribution in [2.24, 2.45) is 5.73 Å². The van der Waals surface area contributed by atoms with E-state index >= 15 is 0 Å². The number of aryl methyl sites for hydroxylation is 1. The van der Waals surface area contributed by atoms with Gasteiger partial charge in [-0.2, -0.15) is 4.72 Å². The molecule has 0 radical (unpaired) electrons. The summed E-state index contributed by atoms with van der Waals surface area (Å²) in [7, 11) is -2.68. The first-order valence-corrected chi connectivity index (χ1v) is 8.17. The lowest BCUT2D eigenvalue weighted by atomic mass is 10.1. The van der Waals surface area contributed by atoms with E-state index in [1.165, 1.54) is 7.11 Å². The van der Waals surface area contributed by atoms with Crippen LogP contribution in [0.5, 0.6) is 5.75 Å². The third-order valence-electron chi connectivity index (χ3n) is 3.47. The number of carbonyl (C=O) groups is 2. The van der Waals surface area contributed by atoms with Gasteiger partial charge < -0.3 is 15.6 Å². The number of primary amides is 1. The molecule has 0 aliphatic heterocycles. The minimum absolute atomic E-state index is 0.0356. The molecule has 0 aromatic heterocycles. The van der Waals surface area contributed by atoms with Crippen molar-refractivity contribution in [2.45, 2.75) is 38.1 Å². The zero-order valence-electron chi connectivity index (χ0n) is 13.3. The molecule has 0 fully saturated rings. The van der Waals surface area contributed by atoms with Gasteiger partial charge in [-0.1, -0.05) is 0 Å². The molecule has 1 rings (SSSR count). The second-order valence-electron chi connectivity index (χ2n) is 5.16. The van der Waals surface area contributed by atoms with Gasteiger partial charge in [0.05, 0.1) is 18.4 Å². The van der Waals surface area contributed by atoms with Crippen LogP contribution in [0.2, 0.25) is 0 Å². The summed E-state index contributed by atoms with van der Waals surface area (Å²) in [6.07, 6.45) is -0.637. The number of carbonyl (C=O) groups excluding carboxylic acids is 1. The molecule has 8 nitrogen and oxygen atoms in total. The third kappa shape index (κ3) is 4.20. The molecule has 0 aliphatic carbocycles. The molecule has 1 atom stereocenters. The predicted molar refractivity (Wildman–Crippen MR) is 82.8 cm³/mol. The van der Waals surface area contributed by atoms with Crippen molar-refractivity contribution in [1.82, 2.24) is 4.72 Å². The number of sulfonamides is 1. The molecule has 0 spiro atoms. The molecule has 0 saturated carbocycles. The van der Waals surface area contributed by atoms with Gasteiger partial charge in [0.25, 0.3) is 0 Å². The van der Waals surface area contributed by atoms with Crippen LogP contribution in [0.15, 0.2) is 11.0 Å². The summed E-state index contributed by atoms with van der Waals surface area (Å²) in [5, 5.41) is 9.05. The Morgan fingerprint density at radius 3 is 2.30 bits per heavy atom. The fourth-order valence-electron chi connectivity index (χ4n) is 2.27. The highest BCUT2D eigenvalue weighted by atomic mass is 32.2. The van der Waals surface area contributed by atoms with Crippen LogP contribution in [0, 0.1) is 20.8 Å². The summed E-state index contributed by atoms with van der Waals surface area (Å²) in [5.41, 5.74) is 6.43. The fourth-order valence-corrected chi connectivity index (χ4v) is 3.99. The molecule has 23 heavy (non-hydrogen) atoms. The molecule has 0 saturated heterocycles. The second kappa shape index (κ2) is 6.97. The summed E-state index contributed by atoms with van der Waals surface area (Å²) < 4.78 is 32.3. The van der Waals surface area contributed by atoms with E-state index in [4.69, 9.17) is 15.6 Å². The zero-order valence-corrected chi connectivity index (χ0v) is 14.2. The molecule has 0 aliphatic rings. The van der Waals surface area contributed by atoms with Crippen LogP contribution in [-0.4, -0.2) is 38.6 Å². The minimum Gasteiger partial charge on any atom is -0.496 e. The van der Waals surface area contributed by atoms with Gasteiger partial charge in [-0.3, -0.25) is 9.59 Å². The average molecular weight is 344 g/mol. The first-order chi connectivity index (χ1) is 10.5. The summed E-state index contributed by atoms with van der Waals surface area (Å²) in [6.45, 7) is 4.88. The van der Waals surface area contributed by atoms with E-state index in [1.807, 2.05) is 4.72 Å². The summed E-state index contributed by atoms with van der Waals surface area (Å²) in [5.74, 6) is -1.86. The number of methoxy groups -OCH3 is 1. The molecular formula is C14H20N2O6S. The van der Waals surface area contributed by atoms with Crippen molar-refractivity contribution in [2.75, 3.05) is 7.11 Å². The number of hydrogen-bond acceptors (Lipinski definition) is 5.